The number of carbonyl (C=O) groups is 1. The number of fused-ring (bicyclic) bond motifs is 2. The van der Waals surface area contributed by atoms with Crippen molar-refractivity contribution in [1.29, 1.82) is 0 Å². The van der Waals surface area contributed by atoms with E-state index in [1.165, 1.54) is 16.8 Å². The van der Waals surface area contributed by atoms with Crippen LogP contribution in [0.1, 0.15) is 36.5 Å². The number of halogens is 1. The van der Waals surface area contributed by atoms with E-state index in [2.05, 4.69) is 49.4 Å². The van der Waals surface area contributed by atoms with Crippen molar-refractivity contribution in [2.24, 2.45) is 5.92 Å². The lowest BCUT2D eigenvalue weighted by atomic mass is 10.0. The van der Waals surface area contributed by atoms with Gasteiger partial charge in [-0.25, -0.2) is 18.9 Å². The largest absolute Gasteiger partial charge is 0.463 e. The molecule has 0 saturated carbocycles. The normalized spacial score (nSPS) is 21.5. The summed E-state index contributed by atoms with van der Waals surface area (Å²) in [6.07, 6.45) is 4.18. The summed E-state index contributed by atoms with van der Waals surface area (Å²) in [5, 5.41) is 11.2. The lowest BCUT2D eigenvalue weighted by Crippen LogP contribution is -2.54. The van der Waals surface area contributed by atoms with Gasteiger partial charge in [0.25, 0.3) is 5.91 Å². The first kappa shape index (κ1) is 25.4. The van der Waals surface area contributed by atoms with Crippen LogP contribution in [0.15, 0.2) is 30.6 Å². The molecule has 0 aliphatic carbocycles. The number of aromatic nitrogens is 5. The van der Waals surface area contributed by atoms with E-state index < -0.39 is 11.7 Å². The van der Waals surface area contributed by atoms with Crippen molar-refractivity contribution >= 4 is 33.8 Å². The van der Waals surface area contributed by atoms with E-state index >= 15 is 0 Å². The van der Waals surface area contributed by atoms with Gasteiger partial charge < -0.3 is 25.0 Å². The number of anilines is 2. The molecule has 2 aliphatic rings. The monoisotopic (exact) mass is 534 g/mol. The van der Waals surface area contributed by atoms with Crippen molar-refractivity contribution in [2.75, 3.05) is 43.1 Å². The summed E-state index contributed by atoms with van der Waals surface area (Å²) < 4.78 is 27.3. The fraction of sp³-hybridized carbons (Fsp3) is 0.444. The minimum atomic E-state index is -0.579. The summed E-state index contributed by atoms with van der Waals surface area (Å²) in [5.74, 6) is -0.293. The average Bonchev–Trinajstić information content (AvgIpc) is 3.55. The van der Waals surface area contributed by atoms with E-state index in [1.54, 1.807) is 19.2 Å². The maximum absolute atomic E-state index is 14.6. The Hall–Kier alpha value is -3.90. The molecule has 2 saturated heterocycles. The van der Waals surface area contributed by atoms with Crippen LogP contribution in [0, 0.1) is 18.7 Å². The number of benzene rings is 1. The number of hydrogen-bond acceptors (Lipinski definition) is 9. The molecule has 1 amide bonds. The van der Waals surface area contributed by atoms with Crippen molar-refractivity contribution in [3.05, 3.63) is 47.8 Å². The molecule has 5 heterocycles. The Morgan fingerprint density at radius 1 is 1.26 bits per heavy atom. The molecule has 39 heavy (non-hydrogen) atoms. The third-order valence-corrected chi connectivity index (χ3v) is 7.07. The zero-order valence-corrected chi connectivity index (χ0v) is 22.1. The van der Waals surface area contributed by atoms with E-state index in [0.29, 0.717) is 42.2 Å². The molecular weight excluding hydrogens is 503 g/mol. The molecule has 204 valence electrons. The first-order valence-corrected chi connectivity index (χ1v) is 13.2. The number of nitrogens with zero attached hydrogens (tertiary/aromatic N) is 6. The Bertz CT molecular complexity index is 1530. The predicted octanol–water partition coefficient (Wildman–Crippen LogP) is 2.97. The molecule has 3 aromatic heterocycles. The molecule has 3 atom stereocenters. The van der Waals surface area contributed by atoms with Crippen LogP contribution in [0.3, 0.4) is 0 Å². The van der Waals surface area contributed by atoms with Crippen LogP contribution in [-0.2, 0) is 4.74 Å². The van der Waals surface area contributed by atoms with Crippen molar-refractivity contribution in [2.45, 2.75) is 39.3 Å². The number of pyridine rings is 1. The summed E-state index contributed by atoms with van der Waals surface area (Å²) in [6, 6.07) is 5.71. The lowest BCUT2D eigenvalue weighted by molar-refractivity contribution is 0.102. The molecule has 2 N–H and O–H groups in total. The summed E-state index contributed by atoms with van der Waals surface area (Å²) >= 11 is 0. The van der Waals surface area contributed by atoms with Crippen LogP contribution in [0.25, 0.3) is 16.6 Å². The molecule has 6 rings (SSSR count). The summed E-state index contributed by atoms with van der Waals surface area (Å²) in [4.78, 5) is 29.0. The van der Waals surface area contributed by atoms with Crippen LogP contribution >= 0.6 is 0 Å². The maximum atomic E-state index is 14.6. The SMILES string of the molecule is Cc1nc2c(F)cc(NC(=O)c3ccc(N4C[C@@H](C)N[C@@H](C)C4)c4cnc(OCC5CCOC5)nc34)cn2n1. The van der Waals surface area contributed by atoms with E-state index in [1.807, 2.05) is 6.07 Å². The Morgan fingerprint density at radius 2 is 2.08 bits per heavy atom. The lowest BCUT2D eigenvalue weighted by Gasteiger charge is -2.38. The number of aryl methyl sites for hydroxylation is 1. The maximum Gasteiger partial charge on any atom is 0.316 e. The van der Waals surface area contributed by atoms with Crippen LogP contribution < -0.4 is 20.3 Å². The molecule has 0 radical (unpaired) electrons. The van der Waals surface area contributed by atoms with Crippen LogP contribution in [-0.4, -0.2) is 75.5 Å². The topological polar surface area (TPSA) is 119 Å². The van der Waals surface area contributed by atoms with E-state index in [-0.39, 0.29) is 23.3 Å². The molecule has 4 aromatic rings. The highest BCUT2D eigenvalue weighted by molar-refractivity contribution is 6.13. The number of ether oxygens (including phenoxy) is 2. The molecule has 2 fully saturated rings. The summed E-state index contributed by atoms with van der Waals surface area (Å²) in [6.45, 7) is 9.40. The van der Waals surface area contributed by atoms with Gasteiger partial charge in [0.05, 0.1) is 36.2 Å². The van der Waals surface area contributed by atoms with Gasteiger partial charge in [-0.05, 0) is 39.3 Å². The first-order valence-electron chi connectivity index (χ1n) is 13.2. The van der Waals surface area contributed by atoms with Gasteiger partial charge in [-0.3, -0.25) is 4.79 Å². The average molecular weight is 535 g/mol. The highest BCUT2D eigenvalue weighted by Crippen LogP contribution is 2.31. The van der Waals surface area contributed by atoms with Crippen molar-refractivity contribution in [3.63, 3.8) is 0 Å². The van der Waals surface area contributed by atoms with Gasteiger partial charge in [0.1, 0.15) is 5.82 Å². The minimum Gasteiger partial charge on any atom is -0.463 e. The molecule has 2 aliphatic heterocycles. The molecule has 0 bridgehead atoms. The van der Waals surface area contributed by atoms with Gasteiger partial charge in [-0.2, -0.15) is 10.1 Å². The third kappa shape index (κ3) is 5.21. The number of amides is 1. The Kier molecular flexibility index (Phi) is 6.73. The Balaban J connectivity index is 1.36. The van der Waals surface area contributed by atoms with Crippen molar-refractivity contribution in [3.8, 4) is 6.01 Å². The second-order valence-electron chi connectivity index (χ2n) is 10.4. The Morgan fingerprint density at radius 3 is 2.85 bits per heavy atom. The Labute approximate surface area is 224 Å². The summed E-state index contributed by atoms with van der Waals surface area (Å²) in [5.41, 5.74) is 2.10. The first-order chi connectivity index (χ1) is 18.8. The molecule has 12 heteroatoms. The second kappa shape index (κ2) is 10.3. The zero-order chi connectivity index (χ0) is 27.1. The highest BCUT2D eigenvalue weighted by Gasteiger charge is 2.25. The van der Waals surface area contributed by atoms with Crippen LogP contribution in [0.5, 0.6) is 6.01 Å². The number of rotatable bonds is 6. The van der Waals surface area contributed by atoms with Gasteiger partial charge in [0.2, 0.25) is 0 Å². The van der Waals surface area contributed by atoms with Gasteiger partial charge in [-0.1, -0.05) is 0 Å². The minimum absolute atomic E-state index is 0.0991. The van der Waals surface area contributed by atoms with Gasteiger partial charge in [0, 0.05) is 61.0 Å². The zero-order valence-electron chi connectivity index (χ0n) is 22.1. The number of carbonyl (C=O) groups excluding carboxylic acids is 1. The van der Waals surface area contributed by atoms with E-state index in [0.717, 1.165) is 37.2 Å². The fourth-order valence-corrected chi connectivity index (χ4v) is 5.37. The van der Waals surface area contributed by atoms with E-state index in [4.69, 9.17) is 9.47 Å². The molecule has 0 spiro atoms. The summed E-state index contributed by atoms with van der Waals surface area (Å²) in [7, 11) is 0. The van der Waals surface area contributed by atoms with Crippen LogP contribution in [0.2, 0.25) is 0 Å². The second-order valence-corrected chi connectivity index (χ2v) is 10.4. The van der Waals surface area contributed by atoms with Crippen molar-refractivity contribution < 1.29 is 18.7 Å². The van der Waals surface area contributed by atoms with Gasteiger partial charge in [0.15, 0.2) is 11.5 Å². The number of piperazine rings is 1. The van der Waals surface area contributed by atoms with Crippen molar-refractivity contribution in [1.82, 2.24) is 29.9 Å². The molecule has 1 aromatic carbocycles. The fourth-order valence-electron chi connectivity index (χ4n) is 5.37. The molecule has 1 unspecified atom stereocenters. The number of nitrogens with one attached hydrogen (secondary N) is 2. The van der Waals surface area contributed by atoms with E-state index in [9.17, 15) is 9.18 Å². The number of hydrogen-bond donors (Lipinski definition) is 2. The quantitative estimate of drug-likeness (QED) is 0.385. The smallest absolute Gasteiger partial charge is 0.316 e. The third-order valence-electron chi connectivity index (χ3n) is 7.07. The molecule has 11 nitrogen and oxygen atoms in total. The highest BCUT2D eigenvalue weighted by atomic mass is 19.1. The van der Waals surface area contributed by atoms with Gasteiger partial charge in [-0.15, -0.1) is 0 Å². The standard InChI is InChI=1S/C27H31FN8O3/c1-15-10-35(11-16(2)30-15)23-5-4-20(24-21(23)9-29-27(33-24)39-14-18-6-7-38-13-18)26(37)32-19-8-22(28)25-31-17(3)34-36(25)12-19/h4-5,8-9,12,15-16,18,30H,6-7,10-11,13-14H2,1-3H3,(H,32,37)/t15-,16+,18?. The van der Waals surface area contributed by atoms with Crippen LogP contribution in [0.4, 0.5) is 15.8 Å². The molecular formula is C27H31FN8O3. The van der Waals surface area contributed by atoms with Gasteiger partial charge >= 0.3 is 6.01 Å². The predicted molar refractivity (Wildman–Crippen MR) is 144 cm³/mol.